The number of alkyl halides is 3. The molecule has 2 aromatic rings. The van der Waals surface area contributed by atoms with Gasteiger partial charge in [-0.05, 0) is 56.2 Å². The summed E-state index contributed by atoms with van der Waals surface area (Å²) in [4.78, 5) is 12.8. The van der Waals surface area contributed by atoms with Crippen molar-refractivity contribution in [3.05, 3.63) is 54.1 Å². The SMILES string of the molecule is Cc1ccc(S(=O)(=O)N2CC[C@@H](C(=O)Nc3ccc(OC(F)(F)F)cc3)C[C@@H]2CO)cc1. The first kappa shape index (κ1) is 24.0. The number of hydrogen-bond donors (Lipinski definition) is 2. The molecule has 1 amide bonds. The summed E-state index contributed by atoms with van der Waals surface area (Å²) in [5.74, 6) is -1.38. The van der Waals surface area contributed by atoms with E-state index in [1.54, 1.807) is 12.1 Å². The summed E-state index contributed by atoms with van der Waals surface area (Å²) < 4.78 is 67.7. The van der Waals surface area contributed by atoms with E-state index in [1.807, 2.05) is 6.92 Å². The molecule has 3 rings (SSSR count). The molecule has 0 aliphatic carbocycles. The molecule has 0 spiro atoms. The second-order valence-electron chi connectivity index (χ2n) is 7.55. The van der Waals surface area contributed by atoms with E-state index in [-0.39, 0.29) is 30.0 Å². The largest absolute Gasteiger partial charge is 0.573 e. The highest BCUT2D eigenvalue weighted by molar-refractivity contribution is 7.89. The van der Waals surface area contributed by atoms with Crippen LogP contribution in [0.1, 0.15) is 18.4 Å². The average Bonchev–Trinajstić information content (AvgIpc) is 2.74. The molecule has 0 bridgehead atoms. The predicted molar refractivity (Wildman–Crippen MR) is 110 cm³/mol. The zero-order valence-corrected chi connectivity index (χ0v) is 18.0. The maximum atomic E-state index is 13.0. The van der Waals surface area contributed by atoms with E-state index in [0.29, 0.717) is 0 Å². The number of amides is 1. The van der Waals surface area contributed by atoms with Crippen LogP contribution in [0.5, 0.6) is 5.75 Å². The van der Waals surface area contributed by atoms with Crippen molar-refractivity contribution in [3.8, 4) is 5.75 Å². The molecule has 1 fully saturated rings. The van der Waals surface area contributed by atoms with Gasteiger partial charge in [-0.2, -0.15) is 4.31 Å². The van der Waals surface area contributed by atoms with Gasteiger partial charge >= 0.3 is 6.36 Å². The molecule has 1 aliphatic rings. The minimum atomic E-state index is -4.81. The number of halogens is 3. The predicted octanol–water partition coefficient (Wildman–Crippen LogP) is 3.29. The number of benzene rings is 2. The second-order valence-corrected chi connectivity index (χ2v) is 9.44. The molecule has 2 aromatic carbocycles. The van der Waals surface area contributed by atoms with Gasteiger partial charge in [-0.25, -0.2) is 8.42 Å². The maximum absolute atomic E-state index is 13.0. The van der Waals surface area contributed by atoms with Crippen LogP contribution in [0.3, 0.4) is 0 Å². The number of piperidine rings is 1. The number of rotatable bonds is 6. The number of anilines is 1. The Kier molecular flexibility index (Phi) is 7.11. The molecule has 1 aliphatic heterocycles. The molecule has 0 saturated carbocycles. The Labute approximate surface area is 183 Å². The summed E-state index contributed by atoms with van der Waals surface area (Å²) in [6, 6.07) is 10.3. The van der Waals surface area contributed by atoms with Crippen molar-refractivity contribution in [1.82, 2.24) is 4.31 Å². The molecule has 0 aromatic heterocycles. The Morgan fingerprint density at radius 2 is 1.78 bits per heavy atom. The zero-order chi connectivity index (χ0) is 23.5. The van der Waals surface area contributed by atoms with Crippen LogP contribution < -0.4 is 10.1 Å². The number of nitrogens with zero attached hydrogens (tertiary/aromatic N) is 1. The summed E-state index contributed by atoms with van der Waals surface area (Å²) in [6.07, 6.45) is -4.46. The Hall–Kier alpha value is -2.63. The van der Waals surface area contributed by atoms with E-state index in [4.69, 9.17) is 0 Å². The van der Waals surface area contributed by atoms with Crippen LogP contribution in [0.2, 0.25) is 0 Å². The minimum Gasteiger partial charge on any atom is -0.406 e. The van der Waals surface area contributed by atoms with Gasteiger partial charge in [0.05, 0.1) is 11.5 Å². The number of carbonyl (C=O) groups excluding carboxylic acids is 1. The monoisotopic (exact) mass is 472 g/mol. The van der Waals surface area contributed by atoms with Crippen LogP contribution in [-0.2, 0) is 14.8 Å². The molecule has 1 saturated heterocycles. The van der Waals surface area contributed by atoms with E-state index in [9.17, 15) is 31.5 Å². The topological polar surface area (TPSA) is 95.9 Å². The molecule has 11 heteroatoms. The van der Waals surface area contributed by atoms with Crippen LogP contribution in [0.15, 0.2) is 53.4 Å². The van der Waals surface area contributed by atoms with Crippen molar-refractivity contribution in [1.29, 1.82) is 0 Å². The number of aliphatic hydroxyl groups is 1. The maximum Gasteiger partial charge on any atom is 0.573 e. The van der Waals surface area contributed by atoms with Gasteiger partial charge in [0.2, 0.25) is 15.9 Å². The Bertz CT molecular complexity index is 1040. The third-order valence-electron chi connectivity index (χ3n) is 5.23. The number of ether oxygens (including phenoxy) is 1. The highest BCUT2D eigenvalue weighted by Crippen LogP contribution is 2.30. The van der Waals surface area contributed by atoms with Crippen molar-refractivity contribution >= 4 is 21.6 Å². The first-order chi connectivity index (χ1) is 15.0. The molecule has 0 unspecified atom stereocenters. The van der Waals surface area contributed by atoms with Gasteiger partial charge in [0.25, 0.3) is 0 Å². The summed E-state index contributed by atoms with van der Waals surface area (Å²) in [6.45, 7) is 1.45. The van der Waals surface area contributed by atoms with Crippen molar-refractivity contribution in [2.24, 2.45) is 5.92 Å². The summed E-state index contributed by atoms with van der Waals surface area (Å²) >= 11 is 0. The summed E-state index contributed by atoms with van der Waals surface area (Å²) in [7, 11) is -3.83. The van der Waals surface area contributed by atoms with Crippen LogP contribution in [-0.4, -0.2) is 49.3 Å². The number of hydrogen-bond acceptors (Lipinski definition) is 5. The summed E-state index contributed by atoms with van der Waals surface area (Å²) in [5, 5.41) is 12.4. The highest BCUT2D eigenvalue weighted by atomic mass is 32.2. The average molecular weight is 472 g/mol. The van der Waals surface area contributed by atoms with Crippen LogP contribution in [0.25, 0.3) is 0 Å². The molecule has 0 radical (unpaired) electrons. The van der Waals surface area contributed by atoms with Crippen molar-refractivity contribution in [2.45, 2.75) is 37.1 Å². The van der Waals surface area contributed by atoms with Crippen LogP contribution >= 0.6 is 0 Å². The lowest BCUT2D eigenvalue weighted by molar-refractivity contribution is -0.274. The van der Waals surface area contributed by atoms with Gasteiger partial charge in [0.1, 0.15) is 5.75 Å². The quantitative estimate of drug-likeness (QED) is 0.673. The number of nitrogens with one attached hydrogen (secondary N) is 1. The first-order valence-electron chi connectivity index (χ1n) is 9.85. The third kappa shape index (κ3) is 5.78. The fraction of sp³-hybridized carbons (Fsp3) is 0.381. The highest BCUT2D eigenvalue weighted by Gasteiger charge is 2.38. The molecule has 2 N–H and O–H groups in total. The number of aryl methyl sites for hydroxylation is 1. The Morgan fingerprint density at radius 3 is 2.34 bits per heavy atom. The van der Waals surface area contributed by atoms with Gasteiger partial charge in [-0.1, -0.05) is 17.7 Å². The van der Waals surface area contributed by atoms with E-state index in [0.717, 1.165) is 17.7 Å². The smallest absolute Gasteiger partial charge is 0.406 e. The standard InChI is InChI=1S/C21H23F3N2O5S/c1-14-2-8-19(9-3-14)32(29,30)26-11-10-15(12-17(26)13-27)20(28)25-16-4-6-18(7-5-16)31-21(22,23)24/h2-9,15,17,27H,10-13H2,1H3,(H,25,28)/t15-,17-/m1/s1. The molecular weight excluding hydrogens is 449 g/mol. The van der Waals surface area contributed by atoms with Gasteiger partial charge in [-0.15, -0.1) is 13.2 Å². The minimum absolute atomic E-state index is 0.0535. The molecule has 1 heterocycles. The van der Waals surface area contributed by atoms with Gasteiger partial charge in [-0.3, -0.25) is 4.79 Å². The lowest BCUT2D eigenvalue weighted by Gasteiger charge is -2.37. The van der Waals surface area contributed by atoms with Crippen molar-refractivity contribution in [2.75, 3.05) is 18.5 Å². The Balaban J connectivity index is 1.65. The van der Waals surface area contributed by atoms with E-state index in [2.05, 4.69) is 10.1 Å². The van der Waals surface area contributed by atoms with E-state index in [1.165, 1.54) is 28.6 Å². The number of carbonyl (C=O) groups is 1. The van der Waals surface area contributed by atoms with Gasteiger partial charge in [0, 0.05) is 24.2 Å². The molecule has 2 atom stereocenters. The lowest BCUT2D eigenvalue weighted by Crippen LogP contribution is -2.49. The fourth-order valence-corrected chi connectivity index (χ4v) is 5.22. The summed E-state index contributed by atoms with van der Waals surface area (Å²) in [5.41, 5.74) is 1.19. The van der Waals surface area contributed by atoms with Crippen LogP contribution in [0, 0.1) is 12.8 Å². The Morgan fingerprint density at radius 1 is 1.16 bits per heavy atom. The second kappa shape index (κ2) is 9.47. The molecule has 32 heavy (non-hydrogen) atoms. The number of aliphatic hydroxyl groups excluding tert-OH is 1. The van der Waals surface area contributed by atoms with Crippen molar-refractivity contribution < 1.29 is 36.2 Å². The van der Waals surface area contributed by atoms with Crippen molar-refractivity contribution in [3.63, 3.8) is 0 Å². The number of sulfonamides is 1. The third-order valence-corrected chi connectivity index (χ3v) is 7.19. The zero-order valence-electron chi connectivity index (χ0n) is 17.2. The molecular formula is C21H23F3N2O5S. The van der Waals surface area contributed by atoms with Crippen LogP contribution in [0.4, 0.5) is 18.9 Å². The van der Waals surface area contributed by atoms with Gasteiger partial charge < -0.3 is 15.2 Å². The van der Waals surface area contributed by atoms with E-state index >= 15 is 0 Å². The first-order valence-corrected chi connectivity index (χ1v) is 11.3. The normalized spacial score (nSPS) is 20.0. The lowest BCUT2D eigenvalue weighted by atomic mass is 9.92. The van der Waals surface area contributed by atoms with Gasteiger partial charge in [0.15, 0.2) is 0 Å². The van der Waals surface area contributed by atoms with E-state index < -0.39 is 46.6 Å². The fourth-order valence-electron chi connectivity index (χ4n) is 3.58. The molecule has 7 nitrogen and oxygen atoms in total. The molecule has 174 valence electrons.